The van der Waals surface area contributed by atoms with Gasteiger partial charge in [0.2, 0.25) is 0 Å². The number of ether oxygens (including phenoxy) is 2. The summed E-state index contributed by atoms with van der Waals surface area (Å²) in [5.41, 5.74) is -0.553. The molecule has 0 radical (unpaired) electrons. The summed E-state index contributed by atoms with van der Waals surface area (Å²) in [4.78, 5) is 26.7. The van der Waals surface area contributed by atoms with E-state index in [4.69, 9.17) is 21.1 Å². The van der Waals surface area contributed by atoms with Gasteiger partial charge in [-0.25, -0.2) is 13.2 Å². The highest BCUT2D eigenvalue weighted by atomic mass is 35.5. The molecule has 0 unspecified atom stereocenters. The summed E-state index contributed by atoms with van der Waals surface area (Å²) in [6, 6.07) is 12.1. The average Bonchev–Trinajstić information content (AvgIpc) is 2.75. The number of amides is 1. The molecule has 3 aromatic rings. The van der Waals surface area contributed by atoms with E-state index in [1.807, 2.05) is 0 Å². The van der Waals surface area contributed by atoms with Gasteiger partial charge in [-0.2, -0.15) is 0 Å². The number of hydrogen-bond acceptors (Lipinski definition) is 4. The molecule has 0 aliphatic rings. The summed E-state index contributed by atoms with van der Waals surface area (Å²) in [6.45, 7) is 4.28. The third-order valence-electron chi connectivity index (χ3n) is 4.82. The van der Waals surface area contributed by atoms with Gasteiger partial charge in [0.15, 0.2) is 0 Å². The lowest BCUT2D eigenvalue weighted by Crippen LogP contribution is -2.39. The monoisotopic (exact) mass is 505 g/mol. The lowest BCUT2D eigenvalue weighted by Gasteiger charge is -2.26. The summed E-state index contributed by atoms with van der Waals surface area (Å²) in [5.74, 6) is -5.40. The molecule has 0 saturated heterocycles. The van der Waals surface area contributed by atoms with Crippen molar-refractivity contribution in [2.45, 2.75) is 26.4 Å². The van der Waals surface area contributed by atoms with Crippen LogP contribution in [0.2, 0.25) is 5.02 Å². The Balaban J connectivity index is 2.08. The highest BCUT2D eigenvalue weighted by Crippen LogP contribution is 2.33. The molecule has 0 aliphatic carbocycles. The van der Waals surface area contributed by atoms with Crippen molar-refractivity contribution in [2.24, 2.45) is 0 Å². The molecule has 5 nitrogen and oxygen atoms in total. The van der Waals surface area contributed by atoms with Crippen LogP contribution in [0.5, 0.6) is 5.75 Å². The number of benzene rings is 3. The quantitative estimate of drug-likeness (QED) is 0.363. The average molecular weight is 506 g/mol. The molecule has 35 heavy (non-hydrogen) atoms. The lowest BCUT2D eigenvalue weighted by atomic mass is 10.0. The van der Waals surface area contributed by atoms with Crippen LogP contribution in [0.25, 0.3) is 11.1 Å². The van der Waals surface area contributed by atoms with Gasteiger partial charge < -0.3 is 9.47 Å². The highest BCUT2D eigenvalue weighted by molar-refractivity contribution is 6.33. The normalized spacial score (nSPS) is 11.2. The molecule has 0 fully saturated rings. The second kappa shape index (κ2) is 10.4. The number of esters is 1. The van der Waals surface area contributed by atoms with Gasteiger partial charge in [-0.3, -0.25) is 14.5 Å². The van der Waals surface area contributed by atoms with E-state index in [0.29, 0.717) is 34.0 Å². The first-order valence-electron chi connectivity index (χ1n) is 10.5. The zero-order valence-corrected chi connectivity index (χ0v) is 20.3. The predicted molar refractivity (Wildman–Crippen MR) is 127 cm³/mol. The largest absolute Gasteiger partial charge is 0.497 e. The smallest absolute Gasteiger partial charge is 0.326 e. The number of anilines is 1. The molecule has 0 bridgehead atoms. The fourth-order valence-corrected chi connectivity index (χ4v) is 3.64. The summed E-state index contributed by atoms with van der Waals surface area (Å²) in [7, 11) is 1.50. The Kier molecular flexibility index (Phi) is 7.75. The summed E-state index contributed by atoms with van der Waals surface area (Å²) in [5, 5.41) is 0.363. The van der Waals surface area contributed by atoms with Crippen molar-refractivity contribution >= 4 is 29.2 Å². The van der Waals surface area contributed by atoms with Crippen molar-refractivity contribution in [3.05, 3.63) is 82.6 Å². The third kappa shape index (κ3) is 6.33. The van der Waals surface area contributed by atoms with Crippen molar-refractivity contribution in [3.8, 4) is 16.9 Å². The maximum absolute atomic E-state index is 14.4. The van der Waals surface area contributed by atoms with Crippen molar-refractivity contribution in [1.29, 1.82) is 0 Å². The first-order valence-corrected chi connectivity index (χ1v) is 10.9. The Morgan fingerprint density at radius 1 is 0.971 bits per heavy atom. The molecule has 0 atom stereocenters. The summed E-state index contributed by atoms with van der Waals surface area (Å²) >= 11 is 6.38. The van der Waals surface area contributed by atoms with Gasteiger partial charge in [0.25, 0.3) is 5.91 Å². The number of carbonyl (C=O) groups is 2. The number of halogens is 4. The van der Waals surface area contributed by atoms with Gasteiger partial charge in [0, 0.05) is 23.4 Å². The lowest BCUT2D eigenvalue weighted by molar-refractivity contribution is -0.152. The molecule has 0 aliphatic heterocycles. The molecule has 9 heteroatoms. The van der Waals surface area contributed by atoms with Gasteiger partial charge in [-0.1, -0.05) is 23.7 Å². The topological polar surface area (TPSA) is 55.8 Å². The Morgan fingerprint density at radius 3 is 2.20 bits per heavy atom. The fourth-order valence-electron chi connectivity index (χ4n) is 3.36. The Morgan fingerprint density at radius 2 is 1.63 bits per heavy atom. The molecular formula is C26H23ClF3NO4. The van der Waals surface area contributed by atoms with Gasteiger partial charge in [0.05, 0.1) is 12.1 Å². The minimum absolute atomic E-state index is 0.147. The van der Waals surface area contributed by atoms with E-state index in [0.717, 1.165) is 4.90 Å². The minimum Gasteiger partial charge on any atom is -0.497 e. The van der Waals surface area contributed by atoms with Gasteiger partial charge in [-0.15, -0.1) is 0 Å². The van der Waals surface area contributed by atoms with Crippen molar-refractivity contribution in [3.63, 3.8) is 0 Å². The first-order chi connectivity index (χ1) is 16.4. The summed E-state index contributed by atoms with van der Waals surface area (Å²) in [6.07, 6.45) is 0. The van der Waals surface area contributed by atoms with Crippen LogP contribution in [0.1, 0.15) is 31.1 Å². The second-order valence-corrected chi connectivity index (χ2v) is 9.03. The molecule has 1 amide bonds. The van der Waals surface area contributed by atoms with Crippen molar-refractivity contribution in [2.75, 3.05) is 18.6 Å². The van der Waals surface area contributed by atoms with Crippen LogP contribution in [0.15, 0.2) is 54.6 Å². The highest BCUT2D eigenvalue weighted by Gasteiger charge is 2.29. The van der Waals surface area contributed by atoms with Gasteiger partial charge >= 0.3 is 5.97 Å². The molecule has 0 aromatic heterocycles. The summed E-state index contributed by atoms with van der Waals surface area (Å²) < 4.78 is 52.8. The SMILES string of the molecule is COc1ccc(-c2cccc(N(CC(=O)OC(C)(C)C)C(=O)c3c(F)cc(F)cc3F)c2)c(Cl)c1. The van der Waals surface area contributed by atoms with Crippen LogP contribution in [0.3, 0.4) is 0 Å². The molecule has 0 saturated carbocycles. The Bertz CT molecular complexity index is 1250. The van der Waals surface area contributed by atoms with E-state index >= 15 is 0 Å². The second-order valence-electron chi connectivity index (χ2n) is 8.62. The van der Waals surface area contributed by atoms with Crippen LogP contribution in [-0.2, 0) is 9.53 Å². The fraction of sp³-hybridized carbons (Fsp3) is 0.231. The standard InChI is InChI=1S/C26H23ClF3NO4/c1-26(2,3)35-23(32)14-31(25(33)24-21(29)11-16(28)12-22(24)30)17-7-5-6-15(10-17)19-9-8-18(34-4)13-20(19)27/h5-13H,14H2,1-4H3. The van der Waals surface area contributed by atoms with E-state index in [-0.39, 0.29) is 5.69 Å². The van der Waals surface area contributed by atoms with E-state index in [2.05, 4.69) is 0 Å². The van der Waals surface area contributed by atoms with Crippen molar-refractivity contribution < 1.29 is 32.2 Å². The number of methoxy groups -OCH3 is 1. The van der Waals surface area contributed by atoms with Crippen LogP contribution < -0.4 is 9.64 Å². The molecule has 0 heterocycles. The molecule has 3 aromatic carbocycles. The number of rotatable bonds is 6. The third-order valence-corrected chi connectivity index (χ3v) is 5.13. The zero-order chi connectivity index (χ0) is 25.9. The first kappa shape index (κ1) is 26.1. The number of nitrogens with zero attached hydrogens (tertiary/aromatic N) is 1. The molecule has 0 spiro atoms. The Labute approximate surface area is 206 Å². The van der Waals surface area contributed by atoms with Crippen LogP contribution in [0, 0.1) is 17.5 Å². The molecular weight excluding hydrogens is 483 g/mol. The molecule has 3 rings (SSSR count). The molecule has 0 N–H and O–H groups in total. The van der Waals surface area contributed by atoms with E-state index in [9.17, 15) is 22.8 Å². The minimum atomic E-state index is -1.39. The van der Waals surface area contributed by atoms with Crippen LogP contribution >= 0.6 is 11.6 Å². The van der Waals surface area contributed by atoms with Gasteiger partial charge in [0.1, 0.15) is 40.9 Å². The van der Waals surface area contributed by atoms with Crippen LogP contribution in [-0.4, -0.2) is 31.1 Å². The van der Waals surface area contributed by atoms with E-state index in [1.165, 1.54) is 19.2 Å². The maximum Gasteiger partial charge on any atom is 0.326 e. The van der Waals surface area contributed by atoms with E-state index < -0.39 is 47.0 Å². The Hall–Kier alpha value is -3.52. The van der Waals surface area contributed by atoms with Crippen molar-refractivity contribution in [1.82, 2.24) is 0 Å². The van der Waals surface area contributed by atoms with E-state index in [1.54, 1.807) is 51.1 Å². The molecule has 184 valence electrons. The zero-order valence-electron chi connectivity index (χ0n) is 19.5. The van der Waals surface area contributed by atoms with Gasteiger partial charge in [-0.05, 0) is 56.7 Å². The number of hydrogen-bond donors (Lipinski definition) is 0. The predicted octanol–water partition coefficient (Wildman–Crippen LogP) is 6.42. The number of carbonyl (C=O) groups excluding carboxylic acids is 2. The maximum atomic E-state index is 14.4. The van der Waals surface area contributed by atoms with Crippen LogP contribution in [0.4, 0.5) is 18.9 Å².